The maximum absolute atomic E-state index is 13.4. The molecule has 0 aliphatic carbocycles. The SMILES string of the molecule is COc1ccc(NCc2cn(-c3ccc(C(F)(F)F)cc3)nc2-c2ccc(C(=O)O)cc2)cc1C(F)(F)F. The molecule has 3 aromatic carbocycles. The third-order valence-electron chi connectivity index (χ3n) is 5.64. The molecular weight excluding hydrogens is 516 g/mol. The molecule has 0 unspecified atom stereocenters. The lowest BCUT2D eigenvalue weighted by atomic mass is 10.1. The van der Waals surface area contributed by atoms with Gasteiger partial charge >= 0.3 is 18.3 Å². The van der Waals surface area contributed by atoms with Gasteiger partial charge in [-0.2, -0.15) is 31.4 Å². The fraction of sp³-hybridized carbons (Fsp3) is 0.154. The summed E-state index contributed by atoms with van der Waals surface area (Å²) < 4.78 is 85.3. The molecule has 4 aromatic rings. The molecule has 0 fully saturated rings. The van der Waals surface area contributed by atoms with Gasteiger partial charge in [-0.25, -0.2) is 9.48 Å². The highest BCUT2D eigenvalue weighted by Gasteiger charge is 2.34. The minimum Gasteiger partial charge on any atom is -0.496 e. The lowest BCUT2D eigenvalue weighted by Crippen LogP contribution is -2.09. The zero-order valence-corrected chi connectivity index (χ0v) is 19.6. The summed E-state index contributed by atoms with van der Waals surface area (Å²) in [6, 6.07) is 13.6. The normalized spacial score (nSPS) is 11.9. The number of hydrogen-bond donors (Lipinski definition) is 2. The van der Waals surface area contributed by atoms with Gasteiger partial charge in [-0.15, -0.1) is 0 Å². The molecule has 4 rings (SSSR count). The number of benzene rings is 3. The van der Waals surface area contributed by atoms with Crippen molar-refractivity contribution in [2.45, 2.75) is 18.9 Å². The Morgan fingerprint density at radius 3 is 2.16 bits per heavy atom. The van der Waals surface area contributed by atoms with E-state index in [2.05, 4.69) is 10.4 Å². The number of carboxylic acids is 1. The van der Waals surface area contributed by atoms with Gasteiger partial charge in [-0.1, -0.05) is 12.1 Å². The van der Waals surface area contributed by atoms with E-state index in [4.69, 9.17) is 9.84 Å². The van der Waals surface area contributed by atoms with Crippen molar-refractivity contribution < 1.29 is 41.0 Å². The number of aromatic nitrogens is 2. The molecule has 6 nitrogen and oxygen atoms in total. The standard InChI is InChI=1S/C26H19F6N3O3/c1-38-22-11-8-19(12-21(22)26(30,31)32)33-13-17-14-35(20-9-6-18(7-10-20)25(27,28)29)34-23(17)15-2-4-16(5-3-15)24(36)37/h2-12,14,33H,13H2,1H3,(H,36,37). The van der Waals surface area contributed by atoms with E-state index in [-0.39, 0.29) is 23.5 Å². The highest BCUT2D eigenvalue weighted by molar-refractivity contribution is 5.88. The summed E-state index contributed by atoms with van der Waals surface area (Å²) in [5.41, 5.74) is 0.0617. The summed E-state index contributed by atoms with van der Waals surface area (Å²) >= 11 is 0. The molecule has 0 spiro atoms. The monoisotopic (exact) mass is 535 g/mol. The van der Waals surface area contributed by atoms with Crippen LogP contribution in [0.3, 0.4) is 0 Å². The van der Waals surface area contributed by atoms with Crippen molar-refractivity contribution in [2.75, 3.05) is 12.4 Å². The Kier molecular flexibility index (Phi) is 7.07. The van der Waals surface area contributed by atoms with Crippen LogP contribution in [0.15, 0.2) is 72.9 Å². The predicted octanol–water partition coefficient (Wildman–Crippen LogP) is 6.90. The van der Waals surface area contributed by atoms with Crippen LogP contribution in [0, 0.1) is 0 Å². The maximum atomic E-state index is 13.4. The summed E-state index contributed by atoms with van der Waals surface area (Å²) in [6.07, 6.45) is -7.62. The van der Waals surface area contributed by atoms with Crippen LogP contribution in [0.2, 0.25) is 0 Å². The first-order valence-electron chi connectivity index (χ1n) is 11.0. The molecule has 198 valence electrons. The van der Waals surface area contributed by atoms with Gasteiger partial charge in [0.05, 0.1) is 35.2 Å². The van der Waals surface area contributed by atoms with Crippen LogP contribution < -0.4 is 10.1 Å². The molecule has 0 saturated heterocycles. The Balaban J connectivity index is 1.70. The highest BCUT2D eigenvalue weighted by atomic mass is 19.4. The Hall–Kier alpha value is -4.48. The second-order valence-corrected chi connectivity index (χ2v) is 8.14. The number of anilines is 1. The van der Waals surface area contributed by atoms with Crippen molar-refractivity contribution in [1.29, 1.82) is 0 Å². The van der Waals surface area contributed by atoms with E-state index in [1.165, 1.54) is 59.4 Å². The van der Waals surface area contributed by atoms with Gasteiger partial charge in [0.25, 0.3) is 0 Å². The van der Waals surface area contributed by atoms with Crippen molar-refractivity contribution in [3.8, 4) is 22.7 Å². The van der Waals surface area contributed by atoms with Gasteiger partial charge < -0.3 is 15.2 Å². The van der Waals surface area contributed by atoms with Gasteiger partial charge in [0, 0.05) is 29.6 Å². The highest BCUT2D eigenvalue weighted by Crippen LogP contribution is 2.38. The maximum Gasteiger partial charge on any atom is 0.420 e. The van der Waals surface area contributed by atoms with Gasteiger partial charge in [0.2, 0.25) is 0 Å². The van der Waals surface area contributed by atoms with E-state index in [1.54, 1.807) is 0 Å². The van der Waals surface area contributed by atoms with Crippen LogP contribution in [-0.4, -0.2) is 28.0 Å². The first kappa shape index (κ1) is 26.6. The number of nitrogens with one attached hydrogen (secondary N) is 1. The second kappa shape index (κ2) is 10.1. The molecule has 0 aliphatic rings. The summed E-state index contributed by atoms with van der Waals surface area (Å²) in [7, 11) is 1.13. The van der Waals surface area contributed by atoms with Crippen molar-refractivity contribution in [3.05, 3.63) is 95.2 Å². The van der Waals surface area contributed by atoms with E-state index >= 15 is 0 Å². The number of hydrogen-bond acceptors (Lipinski definition) is 4. The molecule has 1 heterocycles. The Labute approximate surface area is 212 Å². The van der Waals surface area contributed by atoms with Crippen LogP contribution >= 0.6 is 0 Å². The predicted molar refractivity (Wildman–Crippen MR) is 126 cm³/mol. The number of halogens is 6. The third-order valence-corrected chi connectivity index (χ3v) is 5.64. The fourth-order valence-corrected chi connectivity index (χ4v) is 3.72. The van der Waals surface area contributed by atoms with Crippen LogP contribution in [0.25, 0.3) is 16.9 Å². The fourth-order valence-electron chi connectivity index (χ4n) is 3.72. The second-order valence-electron chi connectivity index (χ2n) is 8.14. The molecule has 38 heavy (non-hydrogen) atoms. The van der Waals surface area contributed by atoms with Crippen LogP contribution in [-0.2, 0) is 18.9 Å². The van der Waals surface area contributed by atoms with E-state index < -0.39 is 29.4 Å². The number of ether oxygens (including phenoxy) is 1. The number of methoxy groups -OCH3 is 1. The van der Waals surface area contributed by atoms with Crippen molar-refractivity contribution in [2.24, 2.45) is 0 Å². The molecule has 1 aromatic heterocycles. The molecule has 0 amide bonds. The molecular formula is C26H19F6N3O3. The topological polar surface area (TPSA) is 76.4 Å². The average Bonchev–Trinajstić information content (AvgIpc) is 3.30. The molecule has 0 atom stereocenters. The number of carboxylic acid groups (broad SMARTS) is 1. The van der Waals surface area contributed by atoms with Gasteiger partial charge in [-0.05, 0) is 54.6 Å². The van der Waals surface area contributed by atoms with Crippen LogP contribution in [0.5, 0.6) is 5.75 Å². The minimum atomic E-state index is -4.65. The Bertz CT molecular complexity index is 1440. The van der Waals surface area contributed by atoms with Gasteiger partial charge in [0.1, 0.15) is 5.75 Å². The summed E-state index contributed by atoms with van der Waals surface area (Å²) in [4.78, 5) is 11.2. The van der Waals surface area contributed by atoms with Crippen LogP contribution in [0.4, 0.5) is 32.0 Å². The first-order valence-corrected chi connectivity index (χ1v) is 11.0. The lowest BCUT2D eigenvalue weighted by Gasteiger charge is -2.14. The minimum absolute atomic E-state index is 0.000274. The van der Waals surface area contributed by atoms with Crippen LogP contribution in [0.1, 0.15) is 27.0 Å². The number of carbonyl (C=O) groups is 1. The van der Waals surface area contributed by atoms with E-state index in [0.29, 0.717) is 22.5 Å². The number of nitrogens with zero attached hydrogens (tertiary/aromatic N) is 2. The third kappa shape index (κ3) is 5.74. The number of aromatic carboxylic acids is 1. The summed E-state index contributed by atoms with van der Waals surface area (Å²) in [6.45, 7) is 0.000274. The number of rotatable bonds is 7. The van der Waals surface area contributed by atoms with Gasteiger partial charge in [0.15, 0.2) is 0 Å². The molecule has 0 aliphatic heterocycles. The van der Waals surface area contributed by atoms with E-state index in [0.717, 1.165) is 25.3 Å². The zero-order valence-electron chi connectivity index (χ0n) is 19.6. The Morgan fingerprint density at radius 2 is 1.61 bits per heavy atom. The quantitative estimate of drug-likeness (QED) is 0.252. The number of alkyl halides is 6. The molecule has 12 heteroatoms. The van der Waals surface area contributed by atoms with Gasteiger partial charge in [-0.3, -0.25) is 0 Å². The molecule has 0 saturated carbocycles. The van der Waals surface area contributed by atoms with Crippen molar-refractivity contribution in [1.82, 2.24) is 9.78 Å². The molecule has 0 bridgehead atoms. The molecule has 2 N–H and O–H groups in total. The average molecular weight is 535 g/mol. The Morgan fingerprint density at radius 1 is 0.947 bits per heavy atom. The van der Waals surface area contributed by atoms with Crippen molar-refractivity contribution in [3.63, 3.8) is 0 Å². The smallest absolute Gasteiger partial charge is 0.420 e. The zero-order chi connectivity index (χ0) is 27.7. The van der Waals surface area contributed by atoms with E-state index in [1.807, 2.05) is 0 Å². The van der Waals surface area contributed by atoms with Crippen molar-refractivity contribution >= 4 is 11.7 Å². The molecule has 0 radical (unpaired) electrons. The lowest BCUT2D eigenvalue weighted by molar-refractivity contribution is -0.139. The largest absolute Gasteiger partial charge is 0.496 e. The first-order chi connectivity index (χ1) is 17.9. The summed E-state index contributed by atoms with van der Waals surface area (Å²) in [5.74, 6) is -1.47. The van der Waals surface area contributed by atoms with E-state index in [9.17, 15) is 31.1 Å². The summed E-state index contributed by atoms with van der Waals surface area (Å²) in [5, 5.41) is 16.5.